The van der Waals surface area contributed by atoms with Crippen LogP contribution >= 0.6 is 0 Å². The third-order valence-corrected chi connectivity index (χ3v) is 2.90. The minimum atomic E-state index is -1.22. The average molecular weight is 279 g/mol. The van der Waals surface area contributed by atoms with Crippen molar-refractivity contribution in [3.05, 3.63) is 29.3 Å². The van der Waals surface area contributed by atoms with Crippen molar-refractivity contribution in [2.45, 2.75) is 25.8 Å². The Kier molecular flexibility index (Phi) is 5.08. The third-order valence-electron chi connectivity index (χ3n) is 2.90. The second-order valence-electron chi connectivity index (χ2n) is 4.39. The maximum atomic E-state index is 12.0. The van der Waals surface area contributed by atoms with Crippen LogP contribution in [0.4, 0.5) is 5.69 Å². The van der Waals surface area contributed by atoms with Gasteiger partial charge < -0.3 is 21.9 Å². The lowest BCUT2D eigenvalue weighted by Gasteiger charge is -2.15. The summed E-state index contributed by atoms with van der Waals surface area (Å²) in [5, 5.41) is 11.4. The number of benzene rings is 1. The summed E-state index contributed by atoms with van der Waals surface area (Å²) in [6.45, 7) is 1.67. The average Bonchev–Trinajstić information content (AvgIpc) is 2.36. The number of carboxylic acids is 1. The first-order chi connectivity index (χ1) is 9.32. The molecule has 7 heteroatoms. The molecule has 0 spiro atoms. The number of nitrogen functional groups attached to an aromatic ring is 1. The van der Waals surface area contributed by atoms with E-state index in [1.165, 1.54) is 0 Å². The molecule has 20 heavy (non-hydrogen) atoms. The highest BCUT2D eigenvalue weighted by molar-refractivity contribution is 5.98. The molecular formula is C13H17N3O4. The topological polar surface area (TPSA) is 136 Å². The summed E-state index contributed by atoms with van der Waals surface area (Å²) in [4.78, 5) is 33.8. The lowest BCUT2D eigenvalue weighted by Crippen LogP contribution is -2.41. The van der Waals surface area contributed by atoms with Gasteiger partial charge in [-0.1, -0.05) is 6.07 Å². The first-order valence-electron chi connectivity index (χ1n) is 6.00. The molecule has 0 aromatic heterocycles. The molecule has 2 amide bonds. The molecule has 7 nitrogen and oxygen atoms in total. The summed E-state index contributed by atoms with van der Waals surface area (Å²) >= 11 is 0. The predicted octanol–water partition coefficient (Wildman–Crippen LogP) is 0.0257. The molecule has 0 heterocycles. The standard InChI is InChI=1S/C13H17N3O4/c1-7-8(3-2-4-9(7)14)12(18)16-10(13(19)20)5-6-11(15)17/h2-4,10H,5-6,14H2,1H3,(H2,15,17)(H,16,18)(H,19,20). The number of nitrogens with two attached hydrogens (primary N) is 2. The Bertz CT molecular complexity index is 542. The van der Waals surface area contributed by atoms with Crippen LogP contribution in [0.5, 0.6) is 0 Å². The van der Waals surface area contributed by atoms with E-state index in [-0.39, 0.29) is 12.8 Å². The molecule has 1 unspecified atom stereocenters. The van der Waals surface area contributed by atoms with Crippen molar-refractivity contribution in [3.63, 3.8) is 0 Å². The predicted molar refractivity (Wildman–Crippen MR) is 72.9 cm³/mol. The van der Waals surface area contributed by atoms with Gasteiger partial charge in [0.25, 0.3) is 5.91 Å². The molecule has 0 saturated heterocycles. The fourth-order valence-corrected chi connectivity index (χ4v) is 1.68. The number of primary amides is 1. The van der Waals surface area contributed by atoms with E-state index >= 15 is 0 Å². The summed E-state index contributed by atoms with van der Waals surface area (Å²) in [5.41, 5.74) is 12.0. The number of hydrogen-bond acceptors (Lipinski definition) is 4. The number of hydrogen-bond donors (Lipinski definition) is 4. The molecule has 0 aliphatic carbocycles. The molecular weight excluding hydrogens is 262 g/mol. The molecule has 0 saturated carbocycles. The fraction of sp³-hybridized carbons (Fsp3) is 0.308. The van der Waals surface area contributed by atoms with Crippen molar-refractivity contribution in [2.75, 3.05) is 5.73 Å². The van der Waals surface area contributed by atoms with Crippen LogP contribution in [0.25, 0.3) is 0 Å². The molecule has 1 atom stereocenters. The largest absolute Gasteiger partial charge is 0.480 e. The van der Waals surface area contributed by atoms with Crippen LogP contribution in [0.3, 0.4) is 0 Å². The van der Waals surface area contributed by atoms with Gasteiger partial charge in [-0.2, -0.15) is 0 Å². The van der Waals surface area contributed by atoms with E-state index < -0.39 is 23.8 Å². The van der Waals surface area contributed by atoms with Crippen molar-refractivity contribution < 1.29 is 19.5 Å². The number of rotatable bonds is 6. The second-order valence-corrected chi connectivity index (χ2v) is 4.39. The summed E-state index contributed by atoms with van der Waals surface area (Å²) < 4.78 is 0. The Balaban J connectivity index is 2.83. The summed E-state index contributed by atoms with van der Waals surface area (Å²) in [7, 11) is 0. The van der Waals surface area contributed by atoms with Gasteiger partial charge in [-0.3, -0.25) is 9.59 Å². The van der Waals surface area contributed by atoms with E-state index in [4.69, 9.17) is 16.6 Å². The highest BCUT2D eigenvalue weighted by Gasteiger charge is 2.22. The van der Waals surface area contributed by atoms with E-state index in [0.29, 0.717) is 16.8 Å². The van der Waals surface area contributed by atoms with Crippen molar-refractivity contribution >= 4 is 23.5 Å². The van der Waals surface area contributed by atoms with Gasteiger partial charge in [-0.25, -0.2) is 4.79 Å². The molecule has 1 aromatic carbocycles. The van der Waals surface area contributed by atoms with E-state index in [9.17, 15) is 14.4 Å². The van der Waals surface area contributed by atoms with Crippen LogP contribution in [-0.4, -0.2) is 28.9 Å². The minimum Gasteiger partial charge on any atom is -0.480 e. The Morgan fingerprint density at radius 3 is 2.55 bits per heavy atom. The van der Waals surface area contributed by atoms with Crippen LogP contribution in [-0.2, 0) is 9.59 Å². The van der Waals surface area contributed by atoms with Gasteiger partial charge in [0, 0.05) is 17.7 Å². The lowest BCUT2D eigenvalue weighted by atomic mass is 10.1. The minimum absolute atomic E-state index is 0.0578. The number of aliphatic carboxylic acids is 1. The number of anilines is 1. The zero-order valence-electron chi connectivity index (χ0n) is 11.1. The van der Waals surface area contributed by atoms with Gasteiger partial charge in [-0.15, -0.1) is 0 Å². The highest BCUT2D eigenvalue weighted by Crippen LogP contribution is 2.15. The van der Waals surface area contributed by atoms with E-state index in [1.54, 1.807) is 25.1 Å². The number of carboxylic acid groups (broad SMARTS) is 1. The first kappa shape index (κ1) is 15.5. The number of nitrogens with one attached hydrogen (secondary N) is 1. The van der Waals surface area contributed by atoms with Crippen LogP contribution in [0.1, 0.15) is 28.8 Å². The maximum Gasteiger partial charge on any atom is 0.326 e. The Hall–Kier alpha value is -2.57. The van der Waals surface area contributed by atoms with E-state index in [1.807, 2.05) is 0 Å². The maximum absolute atomic E-state index is 12.0. The zero-order chi connectivity index (χ0) is 15.3. The third kappa shape index (κ3) is 3.98. The Morgan fingerprint density at radius 2 is 2.00 bits per heavy atom. The Labute approximate surface area is 115 Å². The summed E-state index contributed by atoms with van der Waals surface area (Å²) in [5.74, 6) is -2.39. The quantitative estimate of drug-likeness (QED) is 0.544. The van der Waals surface area contributed by atoms with Crippen molar-refractivity contribution in [3.8, 4) is 0 Å². The zero-order valence-corrected chi connectivity index (χ0v) is 11.1. The smallest absolute Gasteiger partial charge is 0.326 e. The van der Waals surface area contributed by atoms with Crippen LogP contribution in [0, 0.1) is 6.92 Å². The molecule has 1 aromatic rings. The fourth-order valence-electron chi connectivity index (χ4n) is 1.68. The van der Waals surface area contributed by atoms with Crippen molar-refractivity contribution in [1.29, 1.82) is 0 Å². The summed E-state index contributed by atoms with van der Waals surface area (Å²) in [6, 6.07) is 3.63. The molecule has 0 radical (unpaired) electrons. The highest BCUT2D eigenvalue weighted by atomic mass is 16.4. The van der Waals surface area contributed by atoms with Crippen LogP contribution < -0.4 is 16.8 Å². The van der Waals surface area contributed by atoms with Gasteiger partial charge in [0.15, 0.2) is 0 Å². The number of amides is 2. The number of carbonyl (C=O) groups is 3. The lowest BCUT2D eigenvalue weighted by molar-refractivity contribution is -0.139. The molecule has 0 aliphatic heterocycles. The molecule has 6 N–H and O–H groups in total. The van der Waals surface area contributed by atoms with Gasteiger partial charge in [0.2, 0.25) is 5.91 Å². The van der Waals surface area contributed by atoms with Gasteiger partial charge in [0.05, 0.1) is 0 Å². The van der Waals surface area contributed by atoms with Gasteiger partial charge in [0.1, 0.15) is 6.04 Å². The molecule has 0 fully saturated rings. The van der Waals surface area contributed by atoms with E-state index in [0.717, 1.165) is 0 Å². The SMILES string of the molecule is Cc1c(N)cccc1C(=O)NC(CCC(N)=O)C(=O)O. The first-order valence-corrected chi connectivity index (χ1v) is 6.00. The van der Waals surface area contributed by atoms with Crippen LogP contribution in [0.2, 0.25) is 0 Å². The molecule has 0 aliphatic rings. The molecule has 1 rings (SSSR count). The van der Waals surface area contributed by atoms with Gasteiger partial charge >= 0.3 is 5.97 Å². The van der Waals surface area contributed by atoms with Crippen molar-refractivity contribution in [1.82, 2.24) is 5.32 Å². The summed E-state index contributed by atoms with van der Waals surface area (Å²) in [6.07, 6.45) is -0.176. The van der Waals surface area contributed by atoms with E-state index in [2.05, 4.69) is 5.32 Å². The number of carbonyl (C=O) groups excluding carboxylic acids is 2. The van der Waals surface area contributed by atoms with Crippen LogP contribution in [0.15, 0.2) is 18.2 Å². The van der Waals surface area contributed by atoms with Crippen molar-refractivity contribution in [2.24, 2.45) is 5.73 Å². The normalized spacial score (nSPS) is 11.7. The molecule has 0 bridgehead atoms. The monoisotopic (exact) mass is 279 g/mol. The van der Waals surface area contributed by atoms with Gasteiger partial charge in [-0.05, 0) is 31.0 Å². The molecule has 108 valence electrons. The second kappa shape index (κ2) is 6.55. The Morgan fingerprint density at radius 1 is 1.35 bits per heavy atom.